The van der Waals surface area contributed by atoms with E-state index < -0.39 is 0 Å². The highest BCUT2D eigenvalue weighted by molar-refractivity contribution is 5.66. The number of benzene rings is 1. The Morgan fingerprint density at radius 3 is 2.50 bits per heavy atom. The average molecular weight is 279 g/mol. The molecule has 0 fully saturated rings. The molecular weight excluding hydrogens is 254 g/mol. The summed E-state index contributed by atoms with van der Waals surface area (Å²) in [6.07, 6.45) is 3.21. The monoisotopic (exact) mass is 279 g/mol. The third-order valence-corrected chi connectivity index (χ3v) is 3.09. The van der Waals surface area contributed by atoms with Crippen LogP contribution in [0.4, 0.5) is 0 Å². The maximum absolute atomic E-state index is 5.32. The van der Waals surface area contributed by atoms with Crippen LogP contribution in [0.15, 0.2) is 24.3 Å². The van der Waals surface area contributed by atoms with Crippen LogP contribution in [0.5, 0.6) is 11.5 Å². The second kappa shape index (κ2) is 9.39. The Morgan fingerprint density at radius 2 is 1.85 bits per heavy atom. The van der Waals surface area contributed by atoms with E-state index in [-0.39, 0.29) is 0 Å². The van der Waals surface area contributed by atoms with Gasteiger partial charge in [0.05, 0.1) is 20.8 Å². The van der Waals surface area contributed by atoms with Crippen LogP contribution in [0.25, 0.3) is 5.57 Å². The normalized spacial score (nSPS) is 11.5. The molecule has 1 aromatic rings. The zero-order chi connectivity index (χ0) is 14.8. The van der Waals surface area contributed by atoms with E-state index in [0.29, 0.717) is 0 Å². The van der Waals surface area contributed by atoms with Crippen LogP contribution >= 0.6 is 0 Å². The van der Waals surface area contributed by atoms with Gasteiger partial charge in [0.1, 0.15) is 0 Å². The van der Waals surface area contributed by atoms with Crippen LogP contribution in [-0.2, 0) is 4.74 Å². The Balaban J connectivity index is 2.55. The quantitative estimate of drug-likeness (QED) is 0.706. The smallest absolute Gasteiger partial charge is 0.161 e. The number of hydrogen-bond acceptors (Lipinski definition) is 4. The third-order valence-electron chi connectivity index (χ3n) is 3.09. The van der Waals surface area contributed by atoms with Crippen molar-refractivity contribution in [2.24, 2.45) is 0 Å². The van der Waals surface area contributed by atoms with Crippen molar-refractivity contribution < 1.29 is 14.2 Å². The topological polar surface area (TPSA) is 39.7 Å². The minimum atomic E-state index is 0.748. The minimum Gasteiger partial charge on any atom is -0.493 e. The maximum Gasteiger partial charge on any atom is 0.161 e. The van der Waals surface area contributed by atoms with E-state index in [1.807, 2.05) is 18.2 Å². The van der Waals surface area contributed by atoms with Crippen LogP contribution in [-0.4, -0.2) is 41.0 Å². The average Bonchev–Trinajstić information content (AvgIpc) is 2.49. The highest BCUT2D eigenvalue weighted by Gasteiger charge is 2.05. The van der Waals surface area contributed by atoms with Gasteiger partial charge in [-0.05, 0) is 43.2 Å². The second-order valence-electron chi connectivity index (χ2n) is 4.49. The number of hydrogen-bond donors (Lipinski definition) is 1. The molecule has 0 saturated carbocycles. The number of rotatable bonds is 9. The molecule has 0 aliphatic heterocycles. The van der Waals surface area contributed by atoms with Crippen molar-refractivity contribution in [1.82, 2.24) is 5.32 Å². The van der Waals surface area contributed by atoms with E-state index in [4.69, 9.17) is 14.2 Å². The molecule has 20 heavy (non-hydrogen) atoms. The number of allylic oxidation sites excluding steroid dienone is 1. The van der Waals surface area contributed by atoms with E-state index in [2.05, 4.69) is 18.3 Å². The van der Waals surface area contributed by atoms with Crippen LogP contribution in [0.2, 0.25) is 0 Å². The summed E-state index contributed by atoms with van der Waals surface area (Å²) in [5, 5.41) is 3.32. The second-order valence-corrected chi connectivity index (χ2v) is 4.49. The van der Waals surface area contributed by atoms with Gasteiger partial charge in [-0.15, -0.1) is 0 Å². The molecule has 0 heterocycles. The van der Waals surface area contributed by atoms with Crippen molar-refractivity contribution in [3.8, 4) is 11.5 Å². The van der Waals surface area contributed by atoms with E-state index >= 15 is 0 Å². The molecule has 0 radical (unpaired) electrons. The summed E-state index contributed by atoms with van der Waals surface area (Å²) >= 11 is 0. The van der Waals surface area contributed by atoms with Crippen molar-refractivity contribution in [3.05, 3.63) is 29.8 Å². The Hall–Kier alpha value is -1.52. The molecule has 0 aliphatic rings. The molecule has 112 valence electrons. The van der Waals surface area contributed by atoms with Gasteiger partial charge in [-0.3, -0.25) is 0 Å². The fraction of sp³-hybridized carbons (Fsp3) is 0.500. The Kier molecular flexibility index (Phi) is 7.77. The molecule has 0 aliphatic carbocycles. The van der Waals surface area contributed by atoms with Gasteiger partial charge in [0.15, 0.2) is 11.5 Å². The first-order valence-electron chi connectivity index (χ1n) is 6.81. The molecule has 0 bridgehead atoms. The van der Waals surface area contributed by atoms with Gasteiger partial charge in [0.2, 0.25) is 0 Å². The summed E-state index contributed by atoms with van der Waals surface area (Å²) in [5.74, 6) is 1.52. The molecule has 1 aromatic carbocycles. The predicted octanol–water partition coefficient (Wildman–Crippen LogP) is 2.73. The Bertz CT molecular complexity index is 430. The van der Waals surface area contributed by atoms with E-state index in [0.717, 1.165) is 43.2 Å². The summed E-state index contributed by atoms with van der Waals surface area (Å²) in [4.78, 5) is 0. The van der Waals surface area contributed by atoms with Crippen molar-refractivity contribution >= 4 is 5.57 Å². The maximum atomic E-state index is 5.32. The summed E-state index contributed by atoms with van der Waals surface area (Å²) in [6, 6.07) is 5.98. The lowest BCUT2D eigenvalue weighted by atomic mass is 10.1. The first-order valence-corrected chi connectivity index (χ1v) is 6.81. The summed E-state index contributed by atoms with van der Waals surface area (Å²) in [6.45, 7) is 4.70. The molecule has 0 unspecified atom stereocenters. The molecule has 1 N–H and O–H groups in total. The van der Waals surface area contributed by atoms with Crippen LogP contribution in [0.3, 0.4) is 0 Å². The summed E-state index contributed by atoms with van der Waals surface area (Å²) in [5.41, 5.74) is 2.39. The Labute approximate surface area is 121 Å². The minimum absolute atomic E-state index is 0.748. The molecule has 0 atom stereocenters. The summed E-state index contributed by atoms with van der Waals surface area (Å²) in [7, 11) is 5.01. The highest BCUT2D eigenvalue weighted by atomic mass is 16.5. The van der Waals surface area contributed by atoms with Gasteiger partial charge in [0.25, 0.3) is 0 Å². The van der Waals surface area contributed by atoms with Crippen molar-refractivity contribution in [3.63, 3.8) is 0 Å². The molecule has 0 saturated heterocycles. The van der Waals surface area contributed by atoms with Crippen LogP contribution < -0.4 is 14.8 Å². The highest BCUT2D eigenvalue weighted by Crippen LogP contribution is 2.30. The van der Waals surface area contributed by atoms with Crippen molar-refractivity contribution in [2.75, 3.05) is 41.0 Å². The number of ether oxygens (including phenoxy) is 3. The van der Waals surface area contributed by atoms with Gasteiger partial charge in [-0.1, -0.05) is 12.1 Å². The lowest BCUT2D eigenvalue weighted by Crippen LogP contribution is -2.19. The number of methoxy groups -OCH3 is 3. The van der Waals surface area contributed by atoms with Gasteiger partial charge in [0, 0.05) is 13.7 Å². The lowest BCUT2D eigenvalue weighted by molar-refractivity contribution is 0.199. The van der Waals surface area contributed by atoms with Crippen LogP contribution in [0.1, 0.15) is 18.9 Å². The Morgan fingerprint density at radius 1 is 1.10 bits per heavy atom. The van der Waals surface area contributed by atoms with E-state index in [1.165, 1.54) is 5.57 Å². The molecule has 4 heteroatoms. The SMILES string of the molecule is COCCNCCC=C(C)c1ccc(OC)c(OC)c1. The largest absolute Gasteiger partial charge is 0.493 e. The van der Waals surface area contributed by atoms with Gasteiger partial charge >= 0.3 is 0 Å². The van der Waals surface area contributed by atoms with Crippen molar-refractivity contribution in [2.45, 2.75) is 13.3 Å². The lowest BCUT2D eigenvalue weighted by Gasteiger charge is -2.10. The van der Waals surface area contributed by atoms with E-state index in [9.17, 15) is 0 Å². The molecule has 4 nitrogen and oxygen atoms in total. The molecular formula is C16H25NO3. The van der Waals surface area contributed by atoms with Crippen molar-refractivity contribution in [1.29, 1.82) is 0 Å². The molecule has 1 rings (SSSR count). The fourth-order valence-electron chi connectivity index (χ4n) is 1.89. The fourth-order valence-corrected chi connectivity index (χ4v) is 1.89. The third kappa shape index (κ3) is 5.23. The number of nitrogens with one attached hydrogen (secondary N) is 1. The first kappa shape index (κ1) is 16.5. The molecule has 0 amide bonds. The first-order chi connectivity index (χ1) is 9.72. The van der Waals surface area contributed by atoms with Gasteiger partial charge in [-0.2, -0.15) is 0 Å². The molecule has 0 aromatic heterocycles. The summed E-state index contributed by atoms with van der Waals surface area (Å²) < 4.78 is 15.5. The zero-order valence-electron chi connectivity index (χ0n) is 12.9. The molecule has 0 spiro atoms. The standard InChI is InChI=1S/C16H25NO3/c1-13(6-5-9-17-10-11-18-2)14-7-8-15(19-3)16(12-14)20-4/h6-8,12,17H,5,9-11H2,1-4H3. The zero-order valence-corrected chi connectivity index (χ0v) is 12.9. The van der Waals surface area contributed by atoms with Gasteiger partial charge in [-0.25, -0.2) is 0 Å². The van der Waals surface area contributed by atoms with E-state index in [1.54, 1.807) is 21.3 Å². The van der Waals surface area contributed by atoms with Gasteiger partial charge < -0.3 is 19.5 Å². The van der Waals surface area contributed by atoms with Crippen LogP contribution in [0, 0.1) is 0 Å². The predicted molar refractivity (Wildman–Crippen MR) is 82.6 cm³/mol.